The van der Waals surface area contributed by atoms with E-state index in [9.17, 15) is 0 Å². The molecule has 0 spiro atoms. The van der Waals surface area contributed by atoms with Crippen molar-refractivity contribution in [1.29, 1.82) is 0 Å². The fourth-order valence-corrected chi connectivity index (χ4v) is 5.51. The number of benzene rings is 2. The molecule has 31 heavy (non-hydrogen) atoms. The van der Waals surface area contributed by atoms with Gasteiger partial charge in [0.1, 0.15) is 5.75 Å². The molecule has 5 heteroatoms. The number of aromatic nitrogens is 2. The summed E-state index contributed by atoms with van der Waals surface area (Å²) in [5.74, 6) is 1.67. The minimum Gasteiger partial charge on any atom is -0.497 e. The SMILES string of the molecule is COc1ccc2c(c1)c(-c1csc(NC3CCCC(C)C3)n1)cn2Cc1ccccc1. The number of hydrogen-bond donors (Lipinski definition) is 1. The van der Waals surface area contributed by atoms with Gasteiger partial charge in [-0.25, -0.2) is 4.98 Å². The van der Waals surface area contributed by atoms with Crippen LogP contribution >= 0.6 is 11.3 Å². The second kappa shape index (κ2) is 8.75. The first-order valence-corrected chi connectivity index (χ1v) is 12.0. The highest BCUT2D eigenvalue weighted by molar-refractivity contribution is 7.14. The molecule has 1 fully saturated rings. The lowest BCUT2D eigenvalue weighted by atomic mass is 9.87. The third-order valence-electron chi connectivity index (χ3n) is 6.33. The molecule has 5 rings (SSSR count). The van der Waals surface area contributed by atoms with E-state index >= 15 is 0 Å². The van der Waals surface area contributed by atoms with Gasteiger partial charge in [-0.3, -0.25) is 0 Å². The Kier molecular flexibility index (Phi) is 5.68. The first-order chi connectivity index (χ1) is 15.2. The molecule has 160 valence electrons. The summed E-state index contributed by atoms with van der Waals surface area (Å²) in [6.45, 7) is 3.19. The number of nitrogens with zero attached hydrogens (tertiary/aromatic N) is 2. The molecule has 2 aromatic carbocycles. The molecule has 1 aliphatic carbocycles. The van der Waals surface area contributed by atoms with Crippen LogP contribution in [-0.2, 0) is 6.54 Å². The molecular formula is C26H29N3OS. The summed E-state index contributed by atoms with van der Waals surface area (Å²) in [6.07, 6.45) is 7.38. The smallest absolute Gasteiger partial charge is 0.183 e. The molecule has 1 saturated carbocycles. The summed E-state index contributed by atoms with van der Waals surface area (Å²) in [4.78, 5) is 4.98. The van der Waals surface area contributed by atoms with Crippen molar-refractivity contribution in [3.05, 3.63) is 65.7 Å². The van der Waals surface area contributed by atoms with Gasteiger partial charge in [0.15, 0.2) is 5.13 Å². The van der Waals surface area contributed by atoms with Crippen LogP contribution < -0.4 is 10.1 Å². The first-order valence-electron chi connectivity index (χ1n) is 11.1. The lowest BCUT2D eigenvalue weighted by Crippen LogP contribution is -2.26. The molecule has 2 heterocycles. The maximum absolute atomic E-state index is 5.52. The molecular weight excluding hydrogens is 402 g/mol. The van der Waals surface area contributed by atoms with Gasteiger partial charge in [-0.1, -0.05) is 50.1 Å². The number of hydrogen-bond acceptors (Lipinski definition) is 4. The van der Waals surface area contributed by atoms with Gasteiger partial charge in [-0.05, 0) is 42.5 Å². The van der Waals surface area contributed by atoms with Crippen LogP contribution in [0.3, 0.4) is 0 Å². The number of methoxy groups -OCH3 is 1. The molecule has 2 aromatic heterocycles. The van der Waals surface area contributed by atoms with E-state index in [-0.39, 0.29) is 0 Å². The van der Waals surface area contributed by atoms with Crippen molar-refractivity contribution in [2.75, 3.05) is 12.4 Å². The van der Waals surface area contributed by atoms with E-state index in [4.69, 9.17) is 9.72 Å². The molecule has 0 aliphatic heterocycles. The number of rotatable bonds is 6. The number of anilines is 1. The highest BCUT2D eigenvalue weighted by atomic mass is 32.1. The third kappa shape index (κ3) is 4.33. The zero-order valence-electron chi connectivity index (χ0n) is 18.2. The molecule has 1 N–H and O–H groups in total. The quantitative estimate of drug-likeness (QED) is 0.364. The number of nitrogens with one attached hydrogen (secondary N) is 1. The van der Waals surface area contributed by atoms with E-state index < -0.39 is 0 Å². The summed E-state index contributed by atoms with van der Waals surface area (Å²) in [6, 6.07) is 17.4. The van der Waals surface area contributed by atoms with E-state index in [0.717, 1.165) is 34.6 Å². The van der Waals surface area contributed by atoms with Gasteiger partial charge in [0, 0.05) is 40.6 Å². The van der Waals surface area contributed by atoms with Crippen molar-refractivity contribution in [2.45, 2.75) is 45.2 Å². The molecule has 4 nitrogen and oxygen atoms in total. The summed E-state index contributed by atoms with van der Waals surface area (Å²) in [7, 11) is 1.72. The van der Waals surface area contributed by atoms with Crippen LogP contribution in [0.1, 0.15) is 38.2 Å². The minimum absolute atomic E-state index is 0.544. The predicted molar refractivity (Wildman–Crippen MR) is 130 cm³/mol. The Morgan fingerprint density at radius 2 is 2.03 bits per heavy atom. The molecule has 0 amide bonds. The van der Waals surface area contributed by atoms with Gasteiger partial charge in [0.05, 0.1) is 12.8 Å². The lowest BCUT2D eigenvalue weighted by molar-refractivity contribution is 0.358. The number of fused-ring (bicyclic) bond motifs is 1. The van der Waals surface area contributed by atoms with Crippen LogP contribution in [-0.4, -0.2) is 22.7 Å². The van der Waals surface area contributed by atoms with Crippen LogP contribution in [0.5, 0.6) is 5.75 Å². The number of ether oxygens (including phenoxy) is 1. The molecule has 4 aromatic rings. The van der Waals surface area contributed by atoms with Crippen LogP contribution in [0.15, 0.2) is 60.1 Å². The second-order valence-corrected chi connectivity index (χ2v) is 9.55. The Balaban J connectivity index is 1.48. The summed E-state index contributed by atoms with van der Waals surface area (Å²) >= 11 is 1.71. The Hall–Kier alpha value is -2.79. The van der Waals surface area contributed by atoms with Crippen molar-refractivity contribution in [3.63, 3.8) is 0 Å². The summed E-state index contributed by atoms with van der Waals surface area (Å²) < 4.78 is 7.83. The van der Waals surface area contributed by atoms with Crippen LogP contribution in [0.2, 0.25) is 0 Å². The van der Waals surface area contributed by atoms with Crippen molar-refractivity contribution in [3.8, 4) is 17.0 Å². The monoisotopic (exact) mass is 431 g/mol. The van der Waals surface area contributed by atoms with Gasteiger partial charge in [-0.2, -0.15) is 0 Å². The molecule has 2 unspecified atom stereocenters. The Labute approximate surface area is 187 Å². The van der Waals surface area contributed by atoms with E-state index in [0.29, 0.717) is 6.04 Å². The van der Waals surface area contributed by atoms with Gasteiger partial charge in [-0.15, -0.1) is 11.3 Å². The van der Waals surface area contributed by atoms with Crippen LogP contribution in [0, 0.1) is 5.92 Å². The fourth-order valence-electron chi connectivity index (χ4n) is 4.72. The first kappa shape index (κ1) is 20.1. The van der Waals surface area contributed by atoms with Crippen LogP contribution in [0.25, 0.3) is 22.2 Å². The zero-order valence-corrected chi connectivity index (χ0v) is 19.0. The minimum atomic E-state index is 0.544. The van der Waals surface area contributed by atoms with Gasteiger partial charge in [0.25, 0.3) is 0 Å². The molecule has 1 aliphatic rings. The van der Waals surface area contributed by atoms with Gasteiger partial charge >= 0.3 is 0 Å². The van der Waals surface area contributed by atoms with Crippen molar-refractivity contribution >= 4 is 27.4 Å². The lowest BCUT2D eigenvalue weighted by Gasteiger charge is -2.27. The largest absolute Gasteiger partial charge is 0.497 e. The van der Waals surface area contributed by atoms with E-state index in [1.807, 2.05) is 6.07 Å². The maximum atomic E-state index is 5.52. The molecule has 2 atom stereocenters. The number of thiazole rings is 1. The molecule has 0 bridgehead atoms. The standard InChI is InChI=1S/C26H29N3OS/c1-18-7-6-10-20(13-18)27-26-28-24(17-31-26)23-16-29(15-19-8-4-3-5-9-19)25-12-11-21(30-2)14-22(23)25/h3-5,8-9,11-12,14,16-18,20H,6-7,10,13,15H2,1-2H3,(H,27,28). The second-order valence-electron chi connectivity index (χ2n) is 8.69. The maximum Gasteiger partial charge on any atom is 0.183 e. The highest BCUT2D eigenvalue weighted by Gasteiger charge is 2.20. The highest BCUT2D eigenvalue weighted by Crippen LogP contribution is 2.36. The average Bonchev–Trinajstić information content (AvgIpc) is 3.39. The predicted octanol–water partition coefficient (Wildman–Crippen LogP) is 6.81. The van der Waals surface area contributed by atoms with E-state index in [1.165, 1.54) is 42.1 Å². The Bertz CT molecular complexity index is 1160. The molecule has 0 radical (unpaired) electrons. The summed E-state index contributed by atoms with van der Waals surface area (Å²) in [5.41, 5.74) is 4.67. The zero-order chi connectivity index (χ0) is 21.2. The van der Waals surface area contributed by atoms with Crippen molar-refractivity contribution in [1.82, 2.24) is 9.55 Å². The summed E-state index contributed by atoms with van der Waals surface area (Å²) in [5, 5.41) is 8.08. The Morgan fingerprint density at radius 3 is 2.84 bits per heavy atom. The van der Waals surface area contributed by atoms with E-state index in [2.05, 4.69) is 70.8 Å². The fraction of sp³-hybridized carbons (Fsp3) is 0.346. The van der Waals surface area contributed by atoms with Gasteiger partial charge < -0.3 is 14.6 Å². The normalized spacial score (nSPS) is 18.9. The molecule has 0 saturated heterocycles. The third-order valence-corrected chi connectivity index (χ3v) is 7.10. The van der Waals surface area contributed by atoms with Crippen molar-refractivity contribution in [2.24, 2.45) is 5.92 Å². The topological polar surface area (TPSA) is 39.1 Å². The Morgan fingerprint density at radius 1 is 1.16 bits per heavy atom. The average molecular weight is 432 g/mol. The van der Waals surface area contributed by atoms with Crippen molar-refractivity contribution < 1.29 is 4.74 Å². The van der Waals surface area contributed by atoms with Crippen LogP contribution in [0.4, 0.5) is 5.13 Å². The van der Waals surface area contributed by atoms with Gasteiger partial charge in [0.2, 0.25) is 0 Å². The van der Waals surface area contributed by atoms with E-state index in [1.54, 1.807) is 18.4 Å².